The molecule has 0 heterocycles. The Labute approximate surface area is 484 Å². The van der Waals surface area contributed by atoms with Gasteiger partial charge in [-0.3, -0.25) is 0 Å². The number of hydrogen-bond acceptors (Lipinski definition) is 4. The third-order valence-electron chi connectivity index (χ3n) is 14.8. The zero-order valence-electron chi connectivity index (χ0n) is 48.6. The summed E-state index contributed by atoms with van der Waals surface area (Å²) in [5.41, 5.74) is -15.6. The molecule has 0 aromatic heterocycles. The van der Waals surface area contributed by atoms with Crippen molar-refractivity contribution in [2.45, 2.75) is 269 Å². The van der Waals surface area contributed by atoms with Gasteiger partial charge >= 0.3 is 44.4 Å². The SMILES string of the molecule is CCCCCCCCCCCCCCCCCCc1c(OB(Oc2cc(C(F)(F)F)cc(C(F)(F)F)c2)Oc2cc(C(F)(F)F)cc(C(F)(F)F)c2)c(NC)c(C(F)(F)F)c(CCCCCCCCCCCCCCCCCC)c1C(F)(F)F. The number of hydrogen-bond donors (Lipinski definition) is 1. The first-order valence-corrected chi connectivity index (χ1v) is 30.1. The van der Waals surface area contributed by atoms with Crippen LogP contribution in [0.3, 0.4) is 0 Å². The topological polar surface area (TPSA) is 39.7 Å². The molecule has 0 saturated heterocycles. The van der Waals surface area contributed by atoms with Crippen molar-refractivity contribution in [3.8, 4) is 17.2 Å². The van der Waals surface area contributed by atoms with Crippen LogP contribution < -0.4 is 19.3 Å². The molecule has 480 valence electrons. The molecule has 0 bridgehead atoms. The Hall–Kier alpha value is -4.34. The first kappa shape index (κ1) is 73.9. The highest BCUT2D eigenvalue weighted by Crippen LogP contribution is 2.52. The molecule has 3 aromatic carbocycles. The second-order valence-corrected chi connectivity index (χ2v) is 21.9. The van der Waals surface area contributed by atoms with E-state index in [1.807, 2.05) is 0 Å². The lowest BCUT2D eigenvalue weighted by Crippen LogP contribution is -2.38. The monoisotopic (exact) mass is 1230 g/mol. The van der Waals surface area contributed by atoms with Gasteiger partial charge in [0.25, 0.3) is 0 Å². The summed E-state index contributed by atoms with van der Waals surface area (Å²) in [6, 6.07) is -1.26. The van der Waals surface area contributed by atoms with Crippen molar-refractivity contribution in [2.75, 3.05) is 12.4 Å². The summed E-state index contributed by atoms with van der Waals surface area (Å²) in [6.07, 6.45) is -6.87. The average Bonchev–Trinajstić information content (AvgIpc) is 0.938. The van der Waals surface area contributed by atoms with Crippen molar-refractivity contribution in [2.24, 2.45) is 0 Å². The van der Waals surface area contributed by atoms with E-state index in [1.54, 1.807) is 0 Å². The van der Waals surface area contributed by atoms with Gasteiger partial charge in [0.1, 0.15) is 17.2 Å². The number of benzene rings is 3. The Morgan fingerprint density at radius 2 is 0.560 bits per heavy atom. The Morgan fingerprint density at radius 1 is 0.310 bits per heavy atom. The van der Waals surface area contributed by atoms with Gasteiger partial charge in [-0.05, 0) is 67.6 Å². The van der Waals surface area contributed by atoms with Crippen molar-refractivity contribution >= 4 is 13.0 Å². The minimum Gasteiger partial charge on any atom is -0.490 e. The molecule has 0 unspecified atom stereocenters. The summed E-state index contributed by atoms with van der Waals surface area (Å²) in [6.45, 7) is 4.31. The minimum absolute atomic E-state index is 0.123. The lowest BCUT2D eigenvalue weighted by Gasteiger charge is -2.29. The van der Waals surface area contributed by atoms with Crippen molar-refractivity contribution < 1.29 is 93.0 Å². The van der Waals surface area contributed by atoms with E-state index in [-0.39, 0.29) is 62.1 Å². The Balaban J connectivity index is 2.11. The van der Waals surface area contributed by atoms with Crippen LogP contribution in [0.25, 0.3) is 0 Å². The Kier molecular flexibility index (Phi) is 31.8. The molecule has 4 nitrogen and oxygen atoms in total. The van der Waals surface area contributed by atoms with Crippen molar-refractivity contribution in [1.82, 2.24) is 0 Å². The van der Waals surface area contributed by atoms with Gasteiger partial charge in [-0.15, -0.1) is 0 Å². The third-order valence-corrected chi connectivity index (χ3v) is 14.8. The predicted molar refractivity (Wildman–Crippen MR) is 293 cm³/mol. The van der Waals surface area contributed by atoms with Crippen LogP contribution in [-0.4, -0.2) is 14.4 Å². The summed E-state index contributed by atoms with van der Waals surface area (Å²) in [4.78, 5) is 0. The standard InChI is InChI=1S/C61H84BF18NO3/c1-4-6-8-10-12-14-16-18-20-22-24-26-28-30-32-34-36-50-52(60(75,76)77)51(37-35-33-31-29-27-25-23-21-19-17-15-13-11-9-7-5-2)55(54(81-3)53(50)61(78,79)80)84-62(82-48-40-44(56(63,64)65)38-45(41-48)57(66,67)68)83-49-42-46(58(69,70)71)39-47(43-49)59(72,73)74/h38-43,81H,4-37H2,1-3H3. The molecular formula is C61H84BF18NO3. The van der Waals surface area contributed by atoms with E-state index >= 15 is 26.3 Å². The van der Waals surface area contributed by atoms with Crippen LogP contribution in [0.5, 0.6) is 17.2 Å². The van der Waals surface area contributed by atoms with Crippen LogP contribution in [0.1, 0.15) is 264 Å². The highest BCUT2D eigenvalue weighted by molar-refractivity contribution is 6.39. The second-order valence-electron chi connectivity index (χ2n) is 21.9. The Morgan fingerprint density at radius 3 is 0.798 bits per heavy atom. The van der Waals surface area contributed by atoms with Gasteiger partial charge in [-0.25, -0.2) is 0 Å². The molecule has 84 heavy (non-hydrogen) atoms. The lowest BCUT2D eigenvalue weighted by molar-refractivity contribution is -0.145. The normalized spacial score (nSPS) is 12.8. The van der Waals surface area contributed by atoms with Crippen LogP contribution in [0.4, 0.5) is 84.7 Å². The van der Waals surface area contributed by atoms with Crippen molar-refractivity contribution in [3.63, 3.8) is 0 Å². The first-order valence-electron chi connectivity index (χ1n) is 30.1. The zero-order chi connectivity index (χ0) is 62.6. The van der Waals surface area contributed by atoms with E-state index < -0.39 is 125 Å². The number of alkyl halides is 18. The van der Waals surface area contributed by atoms with Gasteiger partial charge in [0.2, 0.25) is 0 Å². The van der Waals surface area contributed by atoms with Crippen molar-refractivity contribution in [1.29, 1.82) is 0 Å². The second kappa shape index (κ2) is 36.1. The highest BCUT2D eigenvalue weighted by Gasteiger charge is 2.48. The summed E-state index contributed by atoms with van der Waals surface area (Å²) in [5, 5.41) is 2.17. The summed E-state index contributed by atoms with van der Waals surface area (Å²) < 4.78 is 279. The van der Waals surface area contributed by atoms with Gasteiger partial charge in [0.15, 0.2) is 0 Å². The van der Waals surface area contributed by atoms with E-state index in [0.29, 0.717) is 25.7 Å². The van der Waals surface area contributed by atoms with Crippen LogP contribution >= 0.6 is 0 Å². The molecular weight excluding hydrogens is 1150 g/mol. The molecule has 0 aliphatic heterocycles. The molecule has 3 rings (SSSR count). The van der Waals surface area contributed by atoms with Gasteiger partial charge in [0.05, 0.1) is 39.1 Å². The summed E-state index contributed by atoms with van der Waals surface area (Å²) in [7, 11) is -2.45. The van der Waals surface area contributed by atoms with Gasteiger partial charge < -0.3 is 19.3 Å². The average molecular weight is 1230 g/mol. The summed E-state index contributed by atoms with van der Waals surface area (Å²) in [5.74, 6) is -4.57. The lowest BCUT2D eigenvalue weighted by atomic mass is 9.86. The van der Waals surface area contributed by atoms with Gasteiger partial charge in [-0.1, -0.05) is 206 Å². The maximum Gasteiger partial charge on any atom is 0.864 e. The van der Waals surface area contributed by atoms with Crippen LogP contribution in [-0.2, 0) is 49.9 Å². The quantitative estimate of drug-likeness (QED) is 0.0349. The van der Waals surface area contributed by atoms with E-state index in [2.05, 4.69) is 19.2 Å². The number of anilines is 1. The maximum absolute atomic E-state index is 15.8. The van der Waals surface area contributed by atoms with E-state index in [0.717, 1.165) is 96.9 Å². The predicted octanol–water partition coefficient (Wildman–Crippen LogP) is 24.0. The van der Waals surface area contributed by atoms with E-state index in [4.69, 9.17) is 14.0 Å². The molecule has 0 radical (unpaired) electrons. The van der Waals surface area contributed by atoms with Gasteiger partial charge in [-0.2, -0.15) is 79.0 Å². The molecule has 0 fully saturated rings. The van der Waals surface area contributed by atoms with Crippen LogP contribution in [0.15, 0.2) is 36.4 Å². The summed E-state index contributed by atoms with van der Waals surface area (Å²) >= 11 is 0. The number of unbranched alkanes of at least 4 members (excludes halogenated alkanes) is 30. The fourth-order valence-electron chi connectivity index (χ4n) is 10.4. The number of rotatable bonds is 41. The van der Waals surface area contributed by atoms with E-state index in [1.165, 1.54) is 64.2 Å². The smallest absolute Gasteiger partial charge is 0.490 e. The fraction of sp³-hybridized carbons (Fsp3) is 0.705. The third kappa shape index (κ3) is 27.2. The van der Waals surface area contributed by atoms with Crippen LogP contribution in [0, 0.1) is 0 Å². The van der Waals surface area contributed by atoms with Crippen molar-refractivity contribution in [3.05, 3.63) is 80.9 Å². The molecule has 0 atom stereocenters. The molecule has 0 aliphatic rings. The molecule has 3 aromatic rings. The Bertz CT molecular complexity index is 2180. The molecule has 0 spiro atoms. The molecule has 23 heteroatoms. The zero-order valence-corrected chi connectivity index (χ0v) is 48.6. The molecule has 0 aliphatic carbocycles. The highest BCUT2D eigenvalue weighted by atomic mass is 19.4. The molecule has 0 saturated carbocycles. The largest absolute Gasteiger partial charge is 0.864 e. The first-order chi connectivity index (χ1) is 39.4. The maximum atomic E-state index is 15.8. The number of halogens is 18. The van der Waals surface area contributed by atoms with E-state index in [9.17, 15) is 52.7 Å². The van der Waals surface area contributed by atoms with Crippen LogP contribution in [0.2, 0.25) is 0 Å². The number of nitrogens with one attached hydrogen (secondary N) is 1. The fourth-order valence-corrected chi connectivity index (χ4v) is 10.4. The molecule has 0 amide bonds. The minimum atomic E-state index is -5.67. The van der Waals surface area contributed by atoms with Gasteiger partial charge in [0, 0.05) is 12.6 Å². The molecule has 1 N–H and O–H groups in total.